The molecular weight excluding hydrogens is 652 g/mol. The van der Waals surface area contributed by atoms with Crippen molar-refractivity contribution >= 4 is 66.5 Å². The van der Waals surface area contributed by atoms with E-state index in [-0.39, 0.29) is 11.9 Å². The standard InChI is InChI=1S/C32H32Br2N2O3S/c1-3-23-9-7-8-12-27(23)35-32-36(25-10-5-4-6-11-25)31(37)29(40-32)19-22-17-26(34)30(28(18-22)38-2)39-20-21-13-15-24(33)16-14-21/h7-9,12-19,25H,3-6,10-11,20H2,1-2H3/b29-19+,35-32?. The number of benzene rings is 3. The van der Waals surface area contributed by atoms with Gasteiger partial charge in [0, 0.05) is 10.5 Å². The van der Waals surface area contributed by atoms with Crippen LogP contribution in [0.25, 0.3) is 6.08 Å². The molecule has 2 aliphatic rings. The molecule has 0 N–H and O–H groups in total. The number of hydrogen-bond acceptors (Lipinski definition) is 5. The third-order valence-electron chi connectivity index (χ3n) is 7.21. The summed E-state index contributed by atoms with van der Waals surface area (Å²) >= 11 is 8.59. The fourth-order valence-corrected chi connectivity index (χ4v) is 6.99. The molecule has 0 aromatic heterocycles. The van der Waals surface area contributed by atoms with Crippen LogP contribution >= 0.6 is 43.6 Å². The molecule has 0 spiro atoms. The van der Waals surface area contributed by atoms with Gasteiger partial charge in [-0.2, -0.15) is 0 Å². The zero-order valence-corrected chi connectivity index (χ0v) is 26.6. The molecule has 1 saturated heterocycles. The number of carbonyl (C=O) groups is 1. The minimum atomic E-state index is 0.0234. The van der Waals surface area contributed by atoms with Crippen LogP contribution in [0.4, 0.5) is 5.69 Å². The van der Waals surface area contributed by atoms with Gasteiger partial charge in [-0.25, -0.2) is 4.99 Å². The zero-order valence-electron chi connectivity index (χ0n) is 22.7. The molecule has 1 heterocycles. The van der Waals surface area contributed by atoms with Crippen LogP contribution in [0.15, 0.2) is 79.5 Å². The van der Waals surface area contributed by atoms with E-state index >= 15 is 0 Å². The van der Waals surface area contributed by atoms with Crippen molar-refractivity contribution in [2.45, 2.75) is 58.1 Å². The Bertz CT molecular complexity index is 1430. The lowest BCUT2D eigenvalue weighted by atomic mass is 9.94. The third-order valence-corrected chi connectivity index (χ3v) is 9.31. The van der Waals surface area contributed by atoms with Crippen LogP contribution in [-0.2, 0) is 17.8 Å². The highest BCUT2D eigenvalue weighted by atomic mass is 79.9. The maximum absolute atomic E-state index is 13.8. The number of halogens is 2. The molecule has 0 atom stereocenters. The molecule has 1 amide bonds. The van der Waals surface area contributed by atoms with Crippen LogP contribution in [0.3, 0.4) is 0 Å². The molecule has 0 radical (unpaired) electrons. The Kier molecular flexibility index (Phi) is 9.71. The smallest absolute Gasteiger partial charge is 0.267 e. The van der Waals surface area contributed by atoms with Crippen LogP contribution in [0, 0.1) is 0 Å². The topological polar surface area (TPSA) is 51.1 Å². The molecule has 5 rings (SSSR count). The lowest BCUT2D eigenvalue weighted by molar-refractivity contribution is -0.124. The summed E-state index contributed by atoms with van der Waals surface area (Å²) in [6, 6.07) is 20.3. The molecule has 8 heteroatoms. The lowest BCUT2D eigenvalue weighted by Gasteiger charge is -2.30. The number of aryl methyl sites for hydroxylation is 1. The molecule has 5 nitrogen and oxygen atoms in total. The van der Waals surface area contributed by atoms with Gasteiger partial charge in [-0.15, -0.1) is 0 Å². The molecule has 0 bridgehead atoms. The lowest BCUT2D eigenvalue weighted by Crippen LogP contribution is -2.40. The summed E-state index contributed by atoms with van der Waals surface area (Å²) < 4.78 is 13.6. The summed E-state index contributed by atoms with van der Waals surface area (Å²) in [6.07, 6.45) is 8.36. The van der Waals surface area contributed by atoms with Gasteiger partial charge in [-0.3, -0.25) is 9.69 Å². The van der Waals surface area contributed by atoms with Gasteiger partial charge in [0.25, 0.3) is 5.91 Å². The van der Waals surface area contributed by atoms with E-state index < -0.39 is 0 Å². The monoisotopic (exact) mass is 682 g/mol. The maximum Gasteiger partial charge on any atom is 0.267 e. The fraction of sp³-hybridized carbons (Fsp3) is 0.312. The molecule has 1 aliphatic heterocycles. The summed E-state index contributed by atoms with van der Waals surface area (Å²) in [7, 11) is 1.63. The normalized spacial score (nSPS) is 18.1. The van der Waals surface area contributed by atoms with Crippen LogP contribution in [0.2, 0.25) is 0 Å². The van der Waals surface area contributed by atoms with E-state index in [9.17, 15) is 4.79 Å². The van der Waals surface area contributed by atoms with Gasteiger partial charge in [0.15, 0.2) is 16.7 Å². The summed E-state index contributed by atoms with van der Waals surface area (Å²) in [5.74, 6) is 1.25. The molecule has 3 aromatic rings. The Balaban J connectivity index is 1.45. The summed E-state index contributed by atoms with van der Waals surface area (Å²) in [6.45, 7) is 2.54. The van der Waals surface area contributed by atoms with E-state index in [2.05, 4.69) is 44.8 Å². The second kappa shape index (κ2) is 13.4. The molecule has 3 aromatic carbocycles. The number of hydrogen-bond donors (Lipinski definition) is 0. The third kappa shape index (κ3) is 6.67. The number of ether oxygens (including phenoxy) is 2. The number of methoxy groups -OCH3 is 1. The van der Waals surface area contributed by atoms with Gasteiger partial charge in [-0.05, 0) is 100 Å². The van der Waals surface area contributed by atoms with Crippen molar-refractivity contribution in [2.75, 3.05) is 7.11 Å². The molecule has 208 valence electrons. The van der Waals surface area contributed by atoms with Crippen molar-refractivity contribution < 1.29 is 14.3 Å². The average molecular weight is 684 g/mol. The Morgan fingerprint density at radius 1 is 1.05 bits per heavy atom. The van der Waals surface area contributed by atoms with Gasteiger partial charge in [0.2, 0.25) is 0 Å². The maximum atomic E-state index is 13.8. The highest BCUT2D eigenvalue weighted by molar-refractivity contribution is 9.10. The van der Waals surface area contributed by atoms with Gasteiger partial charge in [0.05, 0.1) is 22.2 Å². The minimum absolute atomic E-state index is 0.0234. The quantitative estimate of drug-likeness (QED) is 0.222. The van der Waals surface area contributed by atoms with Crippen molar-refractivity contribution in [2.24, 2.45) is 4.99 Å². The summed E-state index contributed by atoms with van der Waals surface area (Å²) in [5.41, 5.74) is 4.01. The number of rotatable bonds is 8. The van der Waals surface area contributed by atoms with Crippen molar-refractivity contribution in [3.05, 3.63) is 91.2 Å². The Morgan fingerprint density at radius 3 is 2.52 bits per heavy atom. The molecule has 1 aliphatic carbocycles. The van der Waals surface area contributed by atoms with Crippen LogP contribution in [-0.4, -0.2) is 29.1 Å². The molecule has 1 saturated carbocycles. The Labute approximate surface area is 257 Å². The fourth-order valence-electron chi connectivity index (χ4n) is 5.10. The predicted octanol–water partition coefficient (Wildman–Crippen LogP) is 9.30. The Morgan fingerprint density at radius 2 is 1.80 bits per heavy atom. The second-order valence-corrected chi connectivity index (χ2v) is 12.7. The largest absolute Gasteiger partial charge is 0.493 e. The van der Waals surface area contributed by atoms with Gasteiger partial charge in [0.1, 0.15) is 6.61 Å². The Hall–Kier alpha value is -2.55. The van der Waals surface area contributed by atoms with Crippen molar-refractivity contribution in [1.29, 1.82) is 0 Å². The number of amides is 1. The van der Waals surface area contributed by atoms with Gasteiger partial charge in [-0.1, -0.05) is 72.4 Å². The van der Waals surface area contributed by atoms with Crippen LogP contribution < -0.4 is 9.47 Å². The summed E-state index contributed by atoms with van der Waals surface area (Å²) in [4.78, 5) is 21.5. The molecule has 0 unspecified atom stereocenters. The van der Waals surface area contributed by atoms with Crippen LogP contribution in [0.1, 0.15) is 55.7 Å². The molecule has 2 fully saturated rings. The van der Waals surface area contributed by atoms with E-state index in [0.717, 1.165) is 63.0 Å². The number of nitrogens with zero attached hydrogens (tertiary/aromatic N) is 2. The number of amidine groups is 1. The first kappa shape index (κ1) is 29.0. The number of aliphatic imine (C=N–C) groups is 1. The van der Waals surface area contributed by atoms with Gasteiger partial charge >= 0.3 is 0 Å². The summed E-state index contributed by atoms with van der Waals surface area (Å²) in [5, 5.41) is 0.768. The van der Waals surface area contributed by atoms with Crippen molar-refractivity contribution in [3.8, 4) is 11.5 Å². The van der Waals surface area contributed by atoms with E-state index in [1.165, 1.54) is 23.7 Å². The van der Waals surface area contributed by atoms with Crippen molar-refractivity contribution in [3.63, 3.8) is 0 Å². The number of carbonyl (C=O) groups excluding carboxylic acids is 1. The molecule has 40 heavy (non-hydrogen) atoms. The van der Waals surface area contributed by atoms with Gasteiger partial charge < -0.3 is 9.47 Å². The second-order valence-electron chi connectivity index (χ2n) is 9.90. The first-order valence-corrected chi connectivity index (χ1v) is 16.0. The first-order valence-electron chi connectivity index (χ1n) is 13.6. The highest BCUT2D eigenvalue weighted by Gasteiger charge is 2.38. The van der Waals surface area contributed by atoms with Crippen LogP contribution in [0.5, 0.6) is 11.5 Å². The first-order chi connectivity index (χ1) is 19.5. The number of para-hydroxylation sites is 1. The van der Waals surface area contributed by atoms with E-state index in [0.29, 0.717) is 23.0 Å². The molecular formula is C32H32Br2N2O3S. The predicted molar refractivity (Wildman–Crippen MR) is 171 cm³/mol. The van der Waals surface area contributed by atoms with Crippen molar-refractivity contribution in [1.82, 2.24) is 4.90 Å². The minimum Gasteiger partial charge on any atom is -0.493 e. The van der Waals surface area contributed by atoms with E-state index in [1.54, 1.807) is 7.11 Å². The van der Waals surface area contributed by atoms with E-state index in [1.807, 2.05) is 65.6 Å². The highest BCUT2D eigenvalue weighted by Crippen LogP contribution is 2.42. The zero-order chi connectivity index (χ0) is 28.1. The van der Waals surface area contributed by atoms with E-state index in [4.69, 9.17) is 14.5 Å². The average Bonchev–Trinajstić information content (AvgIpc) is 3.27. The SMILES string of the molecule is CCc1ccccc1N=C1S/C(=C/c2cc(Br)c(OCc3ccc(Br)cc3)c(OC)c2)C(=O)N1C1CCCCC1. The number of thioether (sulfide) groups is 1.